The van der Waals surface area contributed by atoms with Gasteiger partial charge in [0.2, 0.25) is 0 Å². The van der Waals surface area contributed by atoms with E-state index in [0.29, 0.717) is 48.4 Å². The molecule has 0 radical (unpaired) electrons. The maximum atomic E-state index is 15.2. The first kappa shape index (κ1) is 21.9. The Bertz CT molecular complexity index is 1260. The lowest BCUT2D eigenvalue weighted by Gasteiger charge is -2.32. The lowest BCUT2D eigenvalue weighted by molar-refractivity contribution is 0.0918. The molecule has 0 spiro atoms. The zero-order valence-electron chi connectivity index (χ0n) is 18.3. The zero-order valence-corrected chi connectivity index (χ0v) is 19.1. The molecule has 1 amide bonds. The van der Waals surface area contributed by atoms with Crippen LogP contribution in [0.25, 0.3) is 5.52 Å². The fraction of sp³-hybridized carbons (Fsp3) is 0.435. The lowest BCUT2D eigenvalue weighted by Crippen LogP contribution is -2.35. The summed E-state index contributed by atoms with van der Waals surface area (Å²) in [5.74, 6) is -0.489. The van der Waals surface area contributed by atoms with Crippen molar-refractivity contribution in [1.82, 2.24) is 19.7 Å². The number of hydrogen-bond donors (Lipinski definition) is 3. The van der Waals surface area contributed by atoms with Crippen molar-refractivity contribution in [2.75, 3.05) is 5.73 Å². The number of benzene rings is 1. The summed E-state index contributed by atoms with van der Waals surface area (Å²) in [5, 5.41) is 12.5. The summed E-state index contributed by atoms with van der Waals surface area (Å²) in [7, 11) is 0. The number of aliphatic hydroxyl groups excluding tert-OH is 1. The number of nitrogens with zero attached hydrogens (tertiary/aromatic N) is 3. The van der Waals surface area contributed by atoms with Crippen LogP contribution in [0.4, 0.5) is 10.2 Å². The molecule has 1 aliphatic heterocycles. The number of aromatic nitrogens is 3. The highest BCUT2D eigenvalue weighted by Crippen LogP contribution is 2.45. The summed E-state index contributed by atoms with van der Waals surface area (Å²) in [6.07, 6.45) is 4.85. The van der Waals surface area contributed by atoms with Crippen LogP contribution in [0.1, 0.15) is 66.0 Å². The van der Waals surface area contributed by atoms with E-state index < -0.39 is 17.8 Å². The molecule has 1 saturated carbocycles. The molecular weight excluding hydrogens is 449 g/mol. The van der Waals surface area contributed by atoms with Gasteiger partial charge in [-0.25, -0.2) is 14.4 Å². The highest BCUT2D eigenvalue weighted by atomic mass is 35.5. The van der Waals surface area contributed by atoms with Gasteiger partial charge in [0.15, 0.2) is 5.82 Å². The second-order valence-electron chi connectivity index (χ2n) is 8.91. The molecule has 8 nitrogen and oxygen atoms in total. The van der Waals surface area contributed by atoms with Gasteiger partial charge in [-0.2, -0.15) is 0 Å². The molecule has 1 unspecified atom stereocenters. The predicted octanol–water partition coefficient (Wildman–Crippen LogP) is 3.36. The van der Waals surface area contributed by atoms with Gasteiger partial charge >= 0.3 is 0 Å². The quantitative estimate of drug-likeness (QED) is 0.537. The minimum Gasteiger partial charge on any atom is -0.489 e. The molecule has 0 saturated heterocycles. The van der Waals surface area contributed by atoms with Gasteiger partial charge in [0.05, 0.1) is 22.9 Å². The number of fused-ring (bicyclic) bond motifs is 2. The number of nitrogen functional groups attached to an aromatic ring is 1. The third-order valence-corrected chi connectivity index (χ3v) is 6.80. The van der Waals surface area contributed by atoms with Crippen molar-refractivity contribution in [1.29, 1.82) is 0 Å². The zero-order chi connectivity index (χ0) is 23.4. The first-order chi connectivity index (χ1) is 15.7. The average molecular weight is 474 g/mol. The molecule has 3 heterocycles. The van der Waals surface area contributed by atoms with E-state index >= 15 is 4.39 Å². The van der Waals surface area contributed by atoms with Crippen LogP contribution >= 0.6 is 11.6 Å². The molecule has 4 atom stereocenters. The number of halogens is 2. The van der Waals surface area contributed by atoms with Crippen molar-refractivity contribution in [2.24, 2.45) is 0 Å². The van der Waals surface area contributed by atoms with Crippen LogP contribution in [0.2, 0.25) is 5.02 Å². The van der Waals surface area contributed by atoms with Crippen LogP contribution in [0.5, 0.6) is 5.75 Å². The van der Waals surface area contributed by atoms with Crippen molar-refractivity contribution in [3.8, 4) is 5.75 Å². The van der Waals surface area contributed by atoms with E-state index in [-0.39, 0.29) is 34.4 Å². The van der Waals surface area contributed by atoms with Gasteiger partial charge in [0.25, 0.3) is 5.91 Å². The van der Waals surface area contributed by atoms with Gasteiger partial charge in [0.1, 0.15) is 28.5 Å². The van der Waals surface area contributed by atoms with E-state index in [1.807, 2.05) is 18.2 Å². The van der Waals surface area contributed by atoms with E-state index in [1.165, 1.54) is 6.07 Å². The van der Waals surface area contributed by atoms with Crippen LogP contribution in [0.15, 0.2) is 18.5 Å². The molecule has 0 bridgehead atoms. The van der Waals surface area contributed by atoms with Crippen molar-refractivity contribution >= 4 is 28.8 Å². The molecule has 2 aromatic heterocycles. The van der Waals surface area contributed by atoms with Gasteiger partial charge in [-0.1, -0.05) is 11.6 Å². The number of aryl methyl sites for hydroxylation is 1. The normalized spacial score (nSPS) is 24.5. The van der Waals surface area contributed by atoms with Crippen molar-refractivity contribution < 1.29 is 19.0 Å². The molecule has 10 heteroatoms. The molecule has 33 heavy (non-hydrogen) atoms. The number of hydrogen-bond acceptors (Lipinski definition) is 6. The second kappa shape index (κ2) is 8.14. The van der Waals surface area contributed by atoms with Gasteiger partial charge in [-0.05, 0) is 45.6 Å². The summed E-state index contributed by atoms with van der Waals surface area (Å²) in [6, 6.07) is 1.28. The molecule has 4 N–H and O–H groups in total. The van der Waals surface area contributed by atoms with Crippen molar-refractivity contribution in [2.45, 2.75) is 63.7 Å². The molecule has 1 aliphatic carbocycles. The SMILES string of the molecule is Cc1nc([C@H]2CC(C)Oc3c2cc(Cl)c(F)c3C(=O)N[C@H]2CC[C@H](O)C2)n2ccnc(N)c12. The van der Waals surface area contributed by atoms with E-state index in [2.05, 4.69) is 10.3 Å². The molecular formula is C23H25ClFN5O3. The van der Waals surface area contributed by atoms with Crippen LogP contribution in [0.3, 0.4) is 0 Å². The summed E-state index contributed by atoms with van der Waals surface area (Å²) in [6.45, 7) is 3.73. The number of aliphatic hydroxyl groups is 1. The van der Waals surface area contributed by atoms with Crippen molar-refractivity contribution in [3.63, 3.8) is 0 Å². The summed E-state index contributed by atoms with van der Waals surface area (Å²) in [5.41, 5.74) is 7.89. The van der Waals surface area contributed by atoms with E-state index in [1.54, 1.807) is 12.4 Å². The Morgan fingerprint density at radius 2 is 2.18 bits per heavy atom. The van der Waals surface area contributed by atoms with Crippen LogP contribution < -0.4 is 15.8 Å². The Morgan fingerprint density at radius 3 is 2.91 bits per heavy atom. The van der Waals surface area contributed by atoms with Gasteiger partial charge in [0, 0.05) is 29.9 Å². The minimum atomic E-state index is -0.822. The van der Waals surface area contributed by atoms with E-state index in [0.717, 1.165) is 5.69 Å². The predicted molar refractivity (Wildman–Crippen MR) is 121 cm³/mol. The number of ether oxygens (including phenoxy) is 1. The third-order valence-electron chi connectivity index (χ3n) is 6.53. The lowest BCUT2D eigenvalue weighted by atomic mass is 9.87. The Balaban J connectivity index is 1.63. The fourth-order valence-electron chi connectivity index (χ4n) is 5.03. The van der Waals surface area contributed by atoms with Crippen LogP contribution in [-0.4, -0.2) is 43.6 Å². The van der Waals surface area contributed by atoms with Gasteiger partial charge < -0.3 is 20.9 Å². The van der Waals surface area contributed by atoms with Crippen LogP contribution in [-0.2, 0) is 0 Å². The number of anilines is 1. The molecule has 5 rings (SSSR count). The molecule has 1 aromatic carbocycles. The Labute approximate surface area is 194 Å². The number of imidazole rings is 1. The topological polar surface area (TPSA) is 115 Å². The minimum absolute atomic E-state index is 0.160. The highest BCUT2D eigenvalue weighted by molar-refractivity contribution is 6.31. The van der Waals surface area contributed by atoms with E-state index in [9.17, 15) is 9.90 Å². The average Bonchev–Trinajstić information content (AvgIpc) is 3.32. The highest BCUT2D eigenvalue weighted by Gasteiger charge is 2.37. The first-order valence-corrected chi connectivity index (χ1v) is 11.4. The smallest absolute Gasteiger partial charge is 0.258 e. The number of rotatable bonds is 3. The molecule has 3 aromatic rings. The summed E-state index contributed by atoms with van der Waals surface area (Å²) in [4.78, 5) is 22.0. The third kappa shape index (κ3) is 3.69. The summed E-state index contributed by atoms with van der Waals surface area (Å²) >= 11 is 6.26. The van der Waals surface area contributed by atoms with Crippen molar-refractivity contribution in [3.05, 3.63) is 51.9 Å². The maximum absolute atomic E-state index is 15.2. The maximum Gasteiger partial charge on any atom is 0.258 e. The number of amides is 1. The Morgan fingerprint density at radius 1 is 1.39 bits per heavy atom. The van der Waals surface area contributed by atoms with Gasteiger partial charge in [-0.15, -0.1) is 0 Å². The Hall–Kier alpha value is -2.91. The van der Waals surface area contributed by atoms with Crippen LogP contribution in [0, 0.1) is 12.7 Å². The summed E-state index contributed by atoms with van der Waals surface area (Å²) < 4.78 is 23.1. The van der Waals surface area contributed by atoms with Gasteiger partial charge in [-0.3, -0.25) is 9.20 Å². The number of nitrogens with two attached hydrogens (primary N) is 1. The second-order valence-corrected chi connectivity index (χ2v) is 9.31. The molecule has 2 aliphatic rings. The number of carbonyl (C=O) groups is 1. The monoisotopic (exact) mass is 473 g/mol. The number of carbonyl (C=O) groups excluding carboxylic acids is 1. The first-order valence-electron chi connectivity index (χ1n) is 11.0. The fourth-order valence-corrected chi connectivity index (χ4v) is 5.24. The largest absolute Gasteiger partial charge is 0.489 e. The molecule has 174 valence electrons. The Kier molecular flexibility index (Phi) is 5.41. The van der Waals surface area contributed by atoms with E-state index in [4.69, 9.17) is 27.1 Å². The molecule has 1 fully saturated rings. The number of nitrogens with one attached hydrogen (secondary N) is 1. The standard InChI is InChI=1S/C23H25ClFN5O3/c1-10-7-15(22-28-11(2)19-21(26)27-5-6-30(19)22)14-9-16(24)18(25)17(20(14)33-10)23(32)29-12-3-4-13(31)8-12/h5-6,9-10,12-13,15,31H,3-4,7-8H2,1-2H3,(H2,26,27)(H,29,32)/t10?,12-,13-,15-/m0/s1.